The Hall–Kier alpha value is -0.240. The molecule has 0 spiro atoms. The fraction of sp³-hybridized carbons (Fsp3) is 1.00. The Balaban J connectivity index is 3.22. The molecule has 0 rings (SSSR count). The number of rotatable bonds is 5. The summed E-state index contributed by atoms with van der Waals surface area (Å²) in [5, 5.41) is 16.2. The molecule has 0 aromatic heterocycles. The predicted octanol–water partition coefficient (Wildman–Crippen LogP) is 1.43. The van der Waals surface area contributed by atoms with Crippen molar-refractivity contribution in [2.75, 3.05) is 0 Å². The molecule has 0 bridgehead atoms. The third kappa shape index (κ3) is 7.86. The Morgan fingerprint density at radius 3 is 2.17 bits per heavy atom. The first-order valence-electron chi connectivity index (χ1n) is 3.44. The van der Waals surface area contributed by atoms with Gasteiger partial charge in [-0.15, -0.1) is 0 Å². The molecule has 0 aliphatic rings. The van der Waals surface area contributed by atoms with E-state index in [9.17, 15) is 0 Å². The summed E-state index contributed by atoms with van der Waals surface area (Å²) in [5.41, 5.74) is -0.493. The van der Waals surface area contributed by atoms with Gasteiger partial charge in [-0.3, -0.25) is 0 Å². The average Bonchev–Trinajstić information content (AvgIpc) is 1.96. The first-order chi connectivity index (χ1) is 5.45. The molecule has 6 nitrogen and oxygen atoms in total. The van der Waals surface area contributed by atoms with Gasteiger partial charge in [0.2, 0.25) is 6.29 Å². The summed E-state index contributed by atoms with van der Waals surface area (Å²) < 4.78 is 0. The summed E-state index contributed by atoms with van der Waals surface area (Å²) in [6.45, 7) is 6.70. The van der Waals surface area contributed by atoms with Crippen molar-refractivity contribution in [3.05, 3.63) is 0 Å². The molecule has 0 aromatic rings. The molecule has 74 valence electrons. The maximum atomic E-state index is 7.99. The summed E-state index contributed by atoms with van der Waals surface area (Å²) in [6, 6.07) is 0. The molecule has 0 amide bonds. The van der Waals surface area contributed by atoms with Crippen LogP contribution in [0.25, 0.3) is 0 Å². The Morgan fingerprint density at radius 1 is 1.17 bits per heavy atom. The third-order valence-electron chi connectivity index (χ3n) is 0.635. The fourth-order valence-corrected chi connectivity index (χ4v) is 0.205. The first kappa shape index (κ1) is 11.8. The van der Waals surface area contributed by atoms with Gasteiger partial charge in [0.15, 0.2) is 0 Å². The van der Waals surface area contributed by atoms with Crippen LogP contribution in [-0.4, -0.2) is 17.1 Å². The van der Waals surface area contributed by atoms with Crippen LogP contribution in [0, 0.1) is 0 Å². The Bertz CT molecular complexity index is 109. The monoisotopic (exact) mass is 182 g/mol. The van der Waals surface area contributed by atoms with Crippen molar-refractivity contribution >= 4 is 0 Å². The lowest BCUT2D eigenvalue weighted by molar-refractivity contribution is -0.671. The summed E-state index contributed by atoms with van der Waals surface area (Å²) in [4.78, 5) is 12.6. The van der Waals surface area contributed by atoms with Gasteiger partial charge in [-0.1, -0.05) is 0 Å². The quantitative estimate of drug-likeness (QED) is 0.300. The van der Waals surface area contributed by atoms with Crippen molar-refractivity contribution < 1.29 is 30.0 Å². The maximum Gasteiger partial charge on any atom is 0.224 e. The molecule has 0 aliphatic heterocycles. The van der Waals surface area contributed by atoms with E-state index in [-0.39, 0.29) is 0 Å². The van der Waals surface area contributed by atoms with Gasteiger partial charge in [-0.2, -0.15) is 9.78 Å². The summed E-state index contributed by atoms with van der Waals surface area (Å²) in [7, 11) is 0. The summed E-state index contributed by atoms with van der Waals surface area (Å²) in [6.07, 6.45) is -0.937. The van der Waals surface area contributed by atoms with Gasteiger partial charge in [-0.25, -0.2) is 10.1 Å². The van der Waals surface area contributed by atoms with E-state index >= 15 is 0 Å². The van der Waals surface area contributed by atoms with E-state index in [1.165, 1.54) is 6.92 Å². The average molecular weight is 182 g/mol. The van der Waals surface area contributed by atoms with Crippen LogP contribution in [0.1, 0.15) is 27.7 Å². The Labute approximate surface area is 70.6 Å². The molecule has 0 saturated heterocycles. The third-order valence-corrected chi connectivity index (χ3v) is 0.635. The summed E-state index contributed by atoms with van der Waals surface area (Å²) in [5.74, 6) is 0. The maximum absolute atomic E-state index is 7.99. The van der Waals surface area contributed by atoms with Crippen molar-refractivity contribution in [1.29, 1.82) is 0 Å². The molecular weight excluding hydrogens is 168 g/mol. The molecule has 0 aromatic carbocycles. The van der Waals surface area contributed by atoms with Crippen LogP contribution in [-0.2, 0) is 24.7 Å². The van der Waals surface area contributed by atoms with Gasteiger partial charge >= 0.3 is 0 Å². The highest BCUT2D eigenvalue weighted by Gasteiger charge is 2.12. The van der Waals surface area contributed by atoms with Crippen LogP contribution in [0.4, 0.5) is 0 Å². The van der Waals surface area contributed by atoms with Gasteiger partial charge in [0, 0.05) is 0 Å². The van der Waals surface area contributed by atoms with Crippen molar-refractivity contribution in [2.45, 2.75) is 39.6 Å². The van der Waals surface area contributed by atoms with Gasteiger partial charge in [-0.05, 0) is 37.8 Å². The Morgan fingerprint density at radius 2 is 1.75 bits per heavy atom. The van der Waals surface area contributed by atoms with Crippen LogP contribution in [0.3, 0.4) is 0 Å². The smallest absolute Gasteiger partial charge is 0.224 e. The van der Waals surface area contributed by atoms with Gasteiger partial charge in [0.05, 0.1) is 5.60 Å². The van der Waals surface area contributed by atoms with E-state index in [2.05, 4.69) is 24.7 Å². The van der Waals surface area contributed by atoms with Gasteiger partial charge < -0.3 is 0 Å². The summed E-state index contributed by atoms with van der Waals surface area (Å²) >= 11 is 0. The highest BCUT2D eigenvalue weighted by molar-refractivity contribution is 4.53. The molecule has 1 unspecified atom stereocenters. The number of hydrogen-bond acceptors (Lipinski definition) is 6. The van der Waals surface area contributed by atoms with E-state index in [0.717, 1.165) is 0 Å². The molecule has 0 heterocycles. The molecule has 0 saturated carbocycles. The van der Waals surface area contributed by atoms with Crippen LogP contribution in [0.2, 0.25) is 0 Å². The Kier molecular flexibility index (Phi) is 5.31. The fourth-order valence-electron chi connectivity index (χ4n) is 0.205. The second-order valence-corrected chi connectivity index (χ2v) is 3.10. The van der Waals surface area contributed by atoms with E-state index < -0.39 is 11.9 Å². The van der Waals surface area contributed by atoms with Crippen molar-refractivity contribution in [3.63, 3.8) is 0 Å². The molecule has 0 fully saturated rings. The van der Waals surface area contributed by atoms with Crippen molar-refractivity contribution in [3.8, 4) is 0 Å². The lowest BCUT2D eigenvalue weighted by atomic mass is 10.2. The molecule has 1 atom stereocenters. The van der Waals surface area contributed by atoms with E-state index in [4.69, 9.17) is 5.26 Å². The minimum atomic E-state index is -0.937. The standard InChI is InChI=1S/C6H14O6/c1-5(8-7)9-11-12-10-6(2,3)4/h5,7H,1-4H3. The SMILES string of the molecule is CC(OO)OOOOC(C)(C)C. The van der Waals surface area contributed by atoms with E-state index in [1.54, 1.807) is 20.8 Å². The lowest BCUT2D eigenvalue weighted by Gasteiger charge is -2.15. The molecule has 0 aliphatic carbocycles. The molecule has 0 radical (unpaired) electrons. The second-order valence-electron chi connectivity index (χ2n) is 3.10. The lowest BCUT2D eigenvalue weighted by Crippen LogP contribution is -2.20. The van der Waals surface area contributed by atoms with Gasteiger partial charge in [0.25, 0.3) is 0 Å². The zero-order chi connectivity index (χ0) is 9.61. The topological polar surface area (TPSA) is 66.4 Å². The van der Waals surface area contributed by atoms with E-state index in [1.807, 2.05) is 0 Å². The number of hydrogen-bond donors (Lipinski definition) is 1. The molecular formula is C6H14O6. The highest BCUT2D eigenvalue weighted by Crippen LogP contribution is 2.07. The first-order valence-corrected chi connectivity index (χ1v) is 3.44. The minimum Gasteiger partial charge on any atom is -0.249 e. The van der Waals surface area contributed by atoms with Crippen LogP contribution >= 0.6 is 0 Å². The molecule has 12 heavy (non-hydrogen) atoms. The second kappa shape index (κ2) is 5.41. The largest absolute Gasteiger partial charge is 0.249 e. The normalized spacial score (nSPS) is 14.8. The van der Waals surface area contributed by atoms with Crippen molar-refractivity contribution in [2.24, 2.45) is 0 Å². The highest BCUT2D eigenvalue weighted by atomic mass is 17.7. The molecule has 1 N–H and O–H groups in total. The van der Waals surface area contributed by atoms with E-state index in [0.29, 0.717) is 0 Å². The predicted molar refractivity (Wildman–Crippen MR) is 37.3 cm³/mol. The van der Waals surface area contributed by atoms with Crippen LogP contribution in [0.15, 0.2) is 0 Å². The zero-order valence-corrected chi connectivity index (χ0v) is 7.57. The van der Waals surface area contributed by atoms with Crippen LogP contribution < -0.4 is 0 Å². The minimum absolute atomic E-state index is 0.493. The van der Waals surface area contributed by atoms with Gasteiger partial charge in [0.1, 0.15) is 0 Å². The molecule has 6 heteroatoms. The zero-order valence-electron chi connectivity index (χ0n) is 7.57. The van der Waals surface area contributed by atoms with Crippen molar-refractivity contribution in [1.82, 2.24) is 0 Å². The van der Waals surface area contributed by atoms with Crippen LogP contribution in [0.5, 0.6) is 0 Å².